The van der Waals surface area contributed by atoms with E-state index >= 15 is 0 Å². The summed E-state index contributed by atoms with van der Waals surface area (Å²) < 4.78 is 24.0. The summed E-state index contributed by atoms with van der Waals surface area (Å²) in [6.45, 7) is 3.60. The van der Waals surface area contributed by atoms with Crippen molar-refractivity contribution >= 4 is 0 Å². The molecule has 0 heterocycles. The van der Waals surface area contributed by atoms with Crippen molar-refractivity contribution in [3.05, 3.63) is 120 Å². The minimum Gasteiger partial charge on any atom is -0.508 e. The van der Waals surface area contributed by atoms with E-state index in [1.54, 1.807) is 68.4 Å². The zero-order valence-electron chi connectivity index (χ0n) is 20.9. The van der Waals surface area contributed by atoms with E-state index in [1.807, 2.05) is 54.6 Å². The molecule has 0 aliphatic rings. The third-order valence-electron chi connectivity index (χ3n) is 5.85. The standard InChI is InChI=1S/C32H26O6/c1-21-29(33)14-6-16-31(21)37-27-12-4-10-25(19-27)35-23-8-3-9-24(18-23)36-26-11-5-13-28(20-26)38-32-17-7-15-30(34)22(32)2/h3-20,33-34H,1-2H3. The van der Waals surface area contributed by atoms with Gasteiger partial charge in [-0.05, 0) is 74.5 Å². The number of hydrogen-bond donors (Lipinski definition) is 2. The molecule has 0 bridgehead atoms. The minimum absolute atomic E-state index is 0.179. The van der Waals surface area contributed by atoms with Gasteiger partial charge in [-0.3, -0.25) is 0 Å². The highest BCUT2D eigenvalue weighted by atomic mass is 16.5. The zero-order valence-corrected chi connectivity index (χ0v) is 20.9. The molecule has 0 atom stereocenters. The summed E-state index contributed by atoms with van der Waals surface area (Å²) in [5, 5.41) is 19.9. The van der Waals surface area contributed by atoms with Crippen LogP contribution in [0.25, 0.3) is 0 Å². The molecule has 5 aromatic carbocycles. The summed E-state index contributed by atoms with van der Waals surface area (Å²) in [6, 6.07) is 32.2. The molecule has 0 unspecified atom stereocenters. The van der Waals surface area contributed by atoms with Gasteiger partial charge in [-0.15, -0.1) is 0 Å². The monoisotopic (exact) mass is 506 g/mol. The first-order valence-electron chi connectivity index (χ1n) is 12.0. The first-order valence-corrected chi connectivity index (χ1v) is 12.0. The van der Waals surface area contributed by atoms with Crippen LogP contribution in [0, 0.1) is 13.8 Å². The molecule has 6 nitrogen and oxygen atoms in total. The van der Waals surface area contributed by atoms with Gasteiger partial charge in [0.25, 0.3) is 0 Å². The van der Waals surface area contributed by atoms with Crippen LogP contribution in [0.3, 0.4) is 0 Å². The maximum atomic E-state index is 9.93. The molecule has 0 aliphatic heterocycles. The Morgan fingerprint density at radius 1 is 0.395 bits per heavy atom. The fourth-order valence-corrected chi connectivity index (χ4v) is 3.76. The van der Waals surface area contributed by atoms with Crippen LogP contribution in [-0.4, -0.2) is 10.2 Å². The van der Waals surface area contributed by atoms with E-state index in [0.29, 0.717) is 57.1 Å². The van der Waals surface area contributed by atoms with Crippen LogP contribution in [0.2, 0.25) is 0 Å². The third-order valence-corrected chi connectivity index (χ3v) is 5.85. The first-order chi connectivity index (χ1) is 18.4. The van der Waals surface area contributed by atoms with Crippen molar-refractivity contribution < 1.29 is 29.2 Å². The Balaban J connectivity index is 1.28. The first kappa shape index (κ1) is 24.6. The van der Waals surface area contributed by atoms with Crippen molar-refractivity contribution in [2.45, 2.75) is 13.8 Å². The highest BCUT2D eigenvalue weighted by Gasteiger charge is 2.09. The summed E-state index contributed by atoms with van der Waals surface area (Å²) in [7, 11) is 0. The molecule has 2 N–H and O–H groups in total. The molecule has 0 amide bonds. The number of phenols is 2. The van der Waals surface area contributed by atoms with E-state index in [2.05, 4.69) is 0 Å². The van der Waals surface area contributed by atoms with Gasteiger partial charge in [-0.25, -0.2) is 0 Å². The lowest BCUT2D eigenvalue weighted by atomic mass is 10.2. The van der Waals surface area contributed by atoms with Crippen LogP contribution < -0.4 is 18.9 Å². The van der Waals surface area contributed by atoms with E-state index < -0.39 is 0 Å². The van der Waals surface area contributed by atoms with Gasteiger partial charge >= 0.3 is 0 Å². The second-order valence-corrected chi connectivity index (χ2v) is 8.63. The van der Waals surface area contributed by atoms with Crippen molar-refractivity contribution in [1.29, 1.82) is 0 Å². The molecule has 0 saturated carbocycles. The fraction of sp³-hybridized carbons (Fsp3) is 0.0625. The molecule has 190 valence electrons. The molecular formula is C32H26O6. The molecule has 0 radical (unpaired) electrons. The van der Waals surface area contributed by atoms with E-state index in [9.17, 15) is 10.2 Å². The van der Waals surface area contributed by atoms with Gasteiger partial charge < -0.3 is 29.2 Å². The molecule has 5 aromatic rings. The average Bonchev–Trinajstić information content (AvgIpc) is 2.90. The topological polar surface area (TPSA) is 77.4 Å². The normalized spacial score (nSPS) is 10.6. The molecule has 0 fully saturated rings. The second-order valence-electron chi connectivity index (χ2n) is 8.63. The summed E-state index contributed by atoms with van der Waals surface area (Å²) in [5.41, 5.74) is 1.32. The van der Waals surface area contributed by atoms with Gasteiger partial charge in [0, 0.05) is 29.3 Å². The van der Waals surface area contributed by atoms with Crippen molar-refractivity contribution in [3.8, 4) is 57.5 Å². The Morgan fingerprint density at radius 2 is 0.684 bits per heavy atom. The molecular weight excluding hydrogens is 480 g/mol. The lowest BCUT2D eigenvalue weighted by molar-refractivity contribution is 0.439. The van der Waals surface area contributed by atoms with E-state index in [1.165, 1.54) is 0 Å². The summed E-state index contributed by atoms with van der Waals surface area (Å²) in [5.74, 6) is 5.04. The lowest BCUT2D eigenvalue weighted by Crippen LogP contribution is -1.91. The van der Waals surface area contributed by atoms with Crippen molar-refractivity contribution in [3.63, 3.8) is 0 Å². The summed E-state index contributed by atoms with van der Waals surface area (Å²) in [6.07, 6.45) is 0. The van der Waals surface area contributed by atoms with Crippen LogP contribution in [0.15, 0.2) is 109 Å². The fourth-order valence-electron chi connectivity index (χ4n) is 3.76. The molecule has 0 spiro atoms. The van der Waals surface area contributed by atoms with Crippen molar-refractivity contribution in [2.75, 3.05) is 0 Å². The van der Waals surface area contributed by atoms with Gasteiger partial charge in [0.15, 0.2) is 0 Å². The molecule has 5 rings (SSSR count). The molecule has 0 aliphatic carbocycles. The quantitative estimate of drug-likeness (QED) is 0.219. The second kappa shape index (κ2) is 10.9. The third kappa shape index (κ3) is 5.82. The van der Waals surface area contributed by atoms with Crippen LogP contribution in [0.1, 0.15) is 11.1 Å². The predicted octanol–water partition coefficient (Wildman–Crippen LogP) is 8.88. The highest BCUT2D eigenvalue weighted by molar-refractivity contribution is 5.48. The Morgan fingerprint density at radius 3 is 1.03 bits per heavy atom. The molecule has 0 aromatic heterocycles. The zero-order chi connectivity index (χ0) is 26.5. The average molecular weight is 507 g/mol. The summed E-state index contributed by atoms with van der Waals surface area (Å²) in [4.78, 5) is 0. The van der Waals surface area contributed by atoms with E-state index in [-0.39, 0.29) is 11.5 Å². The predicted molar refractivity (Wildman–Crippen MR) is 145 cm³/mol. The van der Waals surface area contributed by atoms with Gasteiger partial charge in [0.05, 0.1) is 0 Å². The summed E-state index contributed by atoms with van der Waals surface area (Å²) >= 11 is 0. The van der Waals surface area contributed by atoms with Gasteiger partial charge in [0.2, 0.25) is 0 Å². The van der Waals surface area contributed by atoms with Gasteiger partial charge in [0.1, 0.15) is 57.5 Å². The Hall–Kier alpha value is -5.10. The molecule has 6 heteroatoms. The van der Waals surface area contributed by atoms with E-state index in [4.69, 9.17) is 18.9 Å². The Bertz CT molecular complexity index is 1460. The largest absolute Gasteiger partial charge is 0.508 e. The smallest absolute Gasteiger partial charge is 0.134 e. The Labute approximate surface area is 220 Å². The maximum absolute atomic E-state index is 9.93. The SMILES string of the molecule is Cc1c(O)cccc1Oc1cccc(Oc2cccc(Oc3cccc(Oc4cccc(O)c4C)c3)c2)c1. The Kier molecular flexibility index (Phi) is 7.04. The van der Waals surface area contributed by atoms with Gasteiger partial charge in [-0.1, -0.05) is 30.3 Å². The van der Waals surface area contributed by atoms with Crippen LogP contribution >= 0.6 is 0 Å². The van der Waals surface area contributed by atoms with Crippen molar-refractivity contribution in [2.24, 2.45) is 0 Å². The van der Waals surface area contributed by atoms with Crippen LogP contribution in [-0.2, 0) is 0 Å². The van der Waals surface area contributed by atoms with Crippen LogP contribution in [0.4, 0.5) is 0 Å². The molecule has 38 heavy (non-hydrogen) atoms. The molecule has 0 saturated heterocycles. The number of rotatable bonds is 8. The van der Waals surface area contributed by atoms with E-state index in [0.717, 1.165) is 0 Å². The van der Waals surface area contributed by atoms with Crippen LogP contribution in [0.5, 0.6) is 57.5 Å². The highest BCUT2D eigenvalue weighted by Crippen LogP contribution is 2.35. The number of hydrogen-bond acceptors (Lipinski definition) is 6. The minimum atomic E-state index is 0.179. The lowest BCUT2D eigenvalue weighted by Gasteiger charge is -2.13. The maximum Gasteiger partial charge on any atom is 0.134 e. The number of aromatic hydroxyl groups is 2. The number of phenolic OH excluding ortho intramolecular Hbond substituents is 2. The van der Waals surface area contributed by atoms with Gasteiger partial charge in [-0.2, -0.15) is 0 Å². The number of benzene rings is 5. The number of ether oxygens (including phenoxy) is 4. The van der Waals surface area contributed by atoms with Crippen molar-refractivity contribution in [1.82, 2.24) is 0 Å².